The third kappa shape index (κ3) is 3.89. The standard InChI is InChI=1S/C26H21Cl2N3O3/c1-33-18-8-3-15(4-9-18)14-31-25(20-12-7-17(27)13-21(20)28)22-23(29-30-24(22)26(31)32)16-5-10-19(34-2)11-6-16/h3-13,25H,14H2,1-2H3,(H,29,30). The highest BCUT2D eigenvalue weighted by atomic mass is 35.5. The number of carbonyl (C=O) groups is 1. The molecule has 1 aromatic heterocycles. The van der Waals surface area contributed by atoms with E-state index in [0.717, 1.165) is 33.8 Å². The van der Waals surface area contributed by atoms with Gasteiger partial charge in [-0.15, -0.1) is 0 Å². The van der Waals surface area contributed by atoms with Crippen molar-refractivity contribution in [1.29, 1.82) is 0 Å². The van der Waals surface area contributed by atoms with Crippen LogP contribution in [0.2, 0.25) is 10.0 Å². The minimum atomic E-state index is -0.440. The molecule has 0 radical (unpaired) electrons. The Bertz CT molecular complexity index is 1350. The molecule has 6 nitrogen and oxygen atoms in total. The number of fused-ring (bicyclic) bond motifs is 1. The maximum atomic E-state index is 13.6. The number of H-pyrrole nitrogens is 1. The van der Waals surface area contributed by atoms with E-state index in [9.17, 15) is 4.79 Å². The zero-order chi connectivity index (χ0) is 23.8. The van der Waals surface area contributed by atoms with E-state index in [1.165, 1.54) is 0 Å². The fraction of sp³-hybridized carbons (Fsp3) is 0.154. The van der Waals surface area contributed by atoms with Crippen molar-refractivity contribution in [3.63, 3.8) is 0 Å². The number of ether oxygens (including phenoxy) is 2. The predicted octanol–water partition coefficient (Wildman–Crippen LogP) is 6.15. The molecule has 1 aliphatic heterocycles. The van der Waals surface area contributed by atoms with Crippen LogP contribution in [0, 0.1) is 0 Å². The molecule has 1 unspecified atom stereocenters. The second-order valence-corrected chi connectivity index (χ2v) is 8.78. The molecule has 0 aliphatic carbocycles. The number of hydrogen-bond acceptors (Lipinski definition) is 4. The van der Waals surface area contributed by atoms with Gasteiger partial charge in [0.05, 0.1) is 26.0 Å². The molecular weight excluding hydrogens is 473 g/mol. The Morgan fingerprint density at radius 1 is 0.941 bits per heavy atom. The van der Waals surface area contributed by atoms with Gasteiger partial charge in [0, 0.05) is 27.7 Å². The van der Waals surface area contributed by atoms with E-state index in [2.05, 4.69) is 10.2 Å². The molecule has 0 saturated heterocycles. The summed E-state index contributed by atoms with van der Waals surface area (Å²) in [6, 6.07) is 20.1. The minimum absolute atomic E-state index is 0.144. The number of aromatic nitrogens is 2. The van der Waals surface area contributed by atoms with E-state index in [-0.39, 0.29) is 5.91 Å². The number of hydrogen-bond donors (Lipinski definition) is 1. The number of methoxy groups -OCH3 is 2. The van der Waals surface area contributed by atoms with Gasteiger partial charge in [0.1, 0.15) is 17.2 Å². The Hall–Kier alpha value is -3.48. The zero-order valence-corrected chi connectivity index (χ0v) is 20.0. The van der Waals surface area contributed by atoms with E-state index in [4.69, 9.17) is 32.7 Å². The molecule has 3 aromatic carbocycles. The highest BCUT2D eigenvalue weighted by Gasteiger charge is 2.43. The second-order valence-electron chi connectivity index (χ2n) is 7.94. The number of benzene rings is 3. The van der Waals surface area contributed by atoms with Crippen molar-refractivity contribution in [2.24, 2.45) is 0 Å². The minimum Gasteiger partial charge on any atom is -0.497 e. The van der Waals surface area contributed by atoms with Gasteiger partial charge in [-0.2, -0.15) is 5.10 Å². The van der Waals surface area contributed by atoms with Crippen LogP contribution in [0.4, 0.5) is 0 Å². The molecule has 0 bridgehead atoms. The highest BCUT2D eigenvalue weighted by Crippen LogP contribution is 2.45. The van der Waals surface area contributed by atoms with Crippen molar-refractivity contribution in [2.45, 2.75) is 12.6 Å². The lowest BCUT2D eigenvalue weighted by atomic mass is 9.95. The summed E-state index contributed by atoms with van der Waals surface area (Å²) in [5.74, 6) is 1.35. The number of carbonyl (C=O) groups excluding carboxylic acids is 1. The van der Waals surface area contributed by atoms with Crippen LogP contribution in [0.25, 0.3) is 11.3 Å². The van der Waals surface area contributed by atoms with E-state index in [1.807, 2.05) is 54.6 Å². The number of nitrogens with zero attached hydrogens (tertiary/aromatic N) is 2. The van der Waals surface area contributed by atoms with Gasteiger partial charge in [0.2, 0.25) is 0 Å². The Balaban J connectivity index is 1.62. The van der Waals surface area contributed by atoms with Crippen LogP contribution >= 0.6 is 23.2 Å². The third-order valence-electron chi connectivity index (χ3n) is 6.00. The van der Waals surface area contributed by atoms with Gasteiger partial charge in [0.15, 0.2) is 0 Å². The van der Waals surface area contributed by atoms with Crippen LogP contribution in [0.1, 0.15) is 33.2 Å². The normalized spacial score (nSPS) is 14.9. The number of rotatable bonds is 6. The fourth-order valence-electron chi connectivity index (χ4n) is 4.30. The molecule has 0 saturated carbocycles. The molecular formula is C26H21Cl2N3O3. The molecule has 4 aromatic rings. The maximum absolute atomic E-state index is 13.6. The van der Waals surface area contributed by atoms with Gasteiger partial charge in [-0.3, -0.25) is 9.89 Å². The lowest BCUT2D eigenvalue weighted by molar-refractivity contribution is 0.0730. The lowest BCUT2D eigenvalue weighted by Crippen LogP contribution is -2.29. The molecule has 172 valence electrons. The summed E-state index contributed by atoms with van der Waals surface area (Å²) in [6.07, 6.45) is 0. The van der Waals surface area contributed by atoms with E-state index in [1.54, 1.807) is 31.3 Å². The van der Waals surface area contributed by atoms with Crippen molar-refractivity contribution in [1.82, 2.24) is 15.1 Å². The van der Waals surface area contributed by atoms with Gasteiger partial charge >= 0.3 is 0 Å². The summed E-state index contributed by atoms with van der Waals surface area (Å²) in [5, 5.41) is 8.48. The molecule has 5 rings (SSSR count). The molecule has 8 heteroatoms. The number of halogens is 2. The molecule has 1 aliphatic rings. The van der Waals surface area contributed by atoms with Crippen LogP contribution < -0.4 is 9.47 Å². The molecule has 0 spiro atoms. The summed E-state index contributed by atoms with van der Waals surface area (Å²) in [5.41, 5.74) is 4.55. The summed E-state index contributed by atoms with van der Waals surface area (Å²) >= 11 is 12.8. The largest absolute Gasteiger partial charge is 0.497 e. The summed E-state index contributed by atoms with van der Waals surface area (Å²) in [7, 11) is 3.24. The van der Waals surface area contributed by atoms with Gasteiger partial charge in [-0.1, -0.05) is 41.4 Å². The lowest BCUT2D eigenvalue weighted by Gasteiger charge is -2.27. The summed E-state index contributed by atoms with van der Waals surface area (Å²) < 4.78 is 10.5. The van der Waals surface area contributed by atoms with Gasteiger partial charge in [-0.25, -0.2) is 0 Å². The monoisotopic (exact) mass is 493 g/mol. The van der Waals surface area contributed by atoms with E-state index < -0.39 is 6.04 Å². The first-order valence-corrected chi connectivity index (χ1v) is 11.4. The zero-order valence-electron chi connectivity index (χ0n) is 18.5. The Morgan fingerprint density at radius 3 is 2.21 bits per heavy atom. The third-order valence-corrected chi connectivity index (χ3v) is 6.56. The Kier molecular flexibility index (Phi) is 5.94. The van der Waals surface area contributed by atoms with Crippen molar-refractivity contribution >= 4 is 29.1 Å². The highest BCUT2D eigenvalue weighted by molar-refractivity contribution is 6.35. The van der Waals surface area contributed by atoms with Crippen molar-refractivity contribution in [2.75, 3.05) is 14.2 Å². The fourth-order valence-corrected chi connectivity index (χ4v) is 4.81. The van der Waals surface area contributed by atoms with Crippen LogP contribution in [0.5, 0.6) is 11.5 Å². The molecule has 2 heterocycles. The van der Waals surface area contributed by atoms with E-state index >= 15 is 0 Å². The van der Waals surface area contributed by atoms with Crippen LogP contribution in [0.15, 0.2) is 66.7 Å². The van der Waals surface area contributed by atoms with Crippen LogP contribution in [-0.4, -0.2) is 35.2 Å². The van der Waals surface area contributed by atoms with Crippen LogP contribution in [0.3, 0.4) is 0 Å². The average Bonchev–Trinajstić information content (AvgIpc) is 3.39. The average molecular weight is 494 g/mol. The second kappa shape index (κ2) is 9.05. The van der Waals surface area contributed by atoms with Crippen molar-refractivity contribution in [3.8, 4) is 22.8 Å². The first-order chi connectivity index (χ1) is 16.5. The first-order valence-electron chi connectivity index (χ1n) is 10.6. The molecule has 1 N–H and O–H groups in total. The molecule has 0 fully saturated rings. The molecule has 34 heavy (non-hydrogen) atoms. The number of aromatic amines is 1. The number of amides is 1. The Morgan fingerprint density at radius 2 is 1.59 bits per heavy atom. The smallest absolute Gasteiger partial charge is 0.273 e. The molecule has 1 amide bonds. The van der Waals surface area contributed by atoms with Gasteiger partial charge in [-0.05, 0) is 59.7 Å². The first kappa shape index (κ1) is 22.3. The van der Waals surface area contributed by atoms with Crippen molar-refractivity contribution < 1.29 is 14.3 Å². The predicted molar refractivity (Wildman–Crippen MR) is 132 cm³/mol. The Labute approximate surface area is 207 Å². The van der Waals surface area contributed by atoms with Crippen LogP contribution in [-0.2, 0) is 6.54 Å². The molecule has 1 atom stereocenters. The van der Waals surface area contributed by atoms with E-state index in [0.29, 0.717) is 28.0 Å². The maximum Gasteiger partial charge on any atom is 0.273 e. The SMILES string of the molecule is COc1ccc(CN2C(=O)c3[nH]nc(-c4ccc(OC)cc4)c3C2c2ccc(Cl)cc2Cl)cc1. The topological polar surface area (TPSA) is 67.5 Å². The summed E-state index contributed by atoms with van der Waals surface area (Å²) in [4.78, 5) is 15.4. The van der Waals surface area contributed by atoms with Gasteiger partial charge in [0.25, 0.3) is 5.91 Å². The number of nitrogens with one attached hydrogen (secondary N) is 1. The van der Waals surface area contributed by atoms with Gasteiger partial charge < -0.3 is 14.4 Å². The van der Waals surface area contributed by atoms with Crippen molar-refractivity contribution in [3.05, 3.63) is 99.2 Å². The summed E-state index contributed by atoms with van der Waals surface area (Å²) in [6.45, 7) is 0.386. The quantitative estimate of drug-likeness (QED) is 0.349.